The molecule has 1 saturated heterocycles. The Morgan fingerprint density at radius 3 is 2.37 bits per heavy atom. The van der Waals surface area contributed by atoms with Crippen LogP contribution in [0.3, 0.4) is 0 Å². The van der Waals surface area contributed by atoms with Crippen molar-refractivity contribution in [1.82, 2.24) is 14.8 Å². The van der Waals surface area contributed by atoms with E-state index >= 15 is 0 Å². The van der Waals surface area contributed by atoms with Gasteiger partial charge in [0.1, 0.15) is 11.6 Å². The number of piperazine rings is 1. The van der Waals surface area contributed by atoms with E-state index in [-0.39, 0.29) is 30.2 Å². The predicted molar refractivity (Wildman–Crippen MR) is 130 cm³/mol. The first-order chi connectivity index (χ1) is 16.9. The van der Waals surface area contributed by atoms with E-state index in [1.165, 1.54) is 29.5 Å². The summed E-state index contributed by atoms with van der Waals surface area (Å²) in [7, 11) is 1.59. The lowest BCUT2D eigenvalue weighted by molar-refractivity contribution is -0.138. The molecule has 0 aliphatic carbocycles. The number of hydrogen-bond donors (Lipinski definition) is 1. The zero-order valence-corrected chi connectivity index (χ0v) is 20.0. The van der Waals surface area contributed by atoms with Crippen LogP contribution in [0.1, 0.15) is 21.6 Å². The van der Waals surface area contributed by atoms with Crippen molar-refractivity contribution in [1.29, 1.82) is 0 Å². The predicted octanol–water partition coefficient (Wildman–Crippen LogP) is 3.00. The van der Waals surface area contributed by atoms with Crippen LogP contribution in [-0.4, -0.2) is 65.8 Å². The molecule has 1 aliphatic heterocycles. The summed E-state index contributed by atoms with van der Waals surface area (Å²) < 4.78 is 19.0. The van der Waals surface area contributed by atoms with Gasteiger partial charge in [0.25, 0.3) is 5.91 Å². The number of nitrogens with one attached hydrogen (secondary N) is 1. The van der Waals surface area contributed by atoms with Gasteiger partial charge in [-0.05, 0) is 29.8 Å². The summed E-state index contributed by atoms with van der Waals surface area (Å²) in [6.45, 7) is 1.83. The molecule has 2 aromatic carbocycles. The van der Waals surface area contributed by atoms with Crippen molar-refractivity contribution in [3.8, 4) is 5.75 Å². The normalized spacial score (nSPS) is 13.4. The number of ether oxygens (including phenoxy) is 1. The molecule has 0 atom stereocenters. The van der Waals surface area contributed by atoms with Crippen LogP contribution < -0.4 is 10.1 Å². The number of amides is 3. The average molecular weight is 497 g/mol. The van der Waals surface area contributed by atoms with Crippen LogP contribution >= 0.6 is 11.3 Å². The maximum atomic E-state index is 13.8. The second-order valence-corrected chi connectivity index (χ2v) is 8.90. The molecule has 0 spiro atoms. The minimum Gasteiger partial charge on any atom is -0.497 e. The van der Waals surface area contributed by atoms with Crippen LogP contribution in [0.25, 0.3) is 0 Å². The maximum absolute atomic E-state index is 13.8. The van der Waals surface area contributed by atoms with Gasteiger partial charge >= 0.3 is 0 Å². The molecule has 182 valence electrons. The highest BCUT2D eigenvalue weighted by Crippen LogP contribution is 2.19. The molecule has 0 bridgehead atoms. The van der Waals surface area contributed by atoms with Crippen LogP contribution in [0.4, 0.5) is 9.52 Å². The quantitative estimate of drug-likeness (QED) is 0.543. The summed E-state index contributed by atoms with van der Waals surface area (Å²) in [5, 5.41) is 4.57. The van der Waals surface area contributed by atoms with E-state index in [2.05, 4.69) is 10.3 Å². The van der Waals surface area contributed by atoms with E-state index in [1.807, 2.05) is 24.3 Å². The van der Waals surface area contributed by atoms with E-state index in [9.17, 15) is 18.8 Å². The topological polar surface area (TPSA) is 91.8 Å². The molecule has 1 fully saturated rings. The van der Waals surface area contributed by atoms with Crippen molar-refractivity contribution in [3.63, 3.8) is 0 Å². The Labute approximate surface area is 206 Å². The lowest BCUT2D eigenvalue weighted by atomic mass is 10.1. The first-order valence-electron chi connectivity index (χ1n) is 11.1. The standard InChI is InChI=1S/C25H25FN4O4S/c1-34-19-6-4-5-17(13-19)14-22(31)29-9-11-30(12-10-29)23(32)15-18-16-35-25(27-18)28-24(33)20-7-2-3-8-21(20)26/h2-8,13,16H,9-12,14-15H2,1H3,(H,27,28,33). The Kier molecular flexibility index (Phi) is 7.71. The second kappa shape index (κ2) is 11.1. The molecular formula is C25H25FN4O4S. The lowest BCUT2D eigenvalue weighted by Crippen LogP contribution is -2.51. The Balaban J connectivity index is 1.25. The molecule has 4 rings (SSSR count). The summed E-state index contributed by atoms with van der Waals surface area (Å²) >= 11 is 1.18. The van der Waals surface area contributed by atoms with Crippen LogP contribution in [0.5, 0.6) is 5.75 Å². The second-order valence-electron chi connectivity index (χ2n) is 8.04. The SMILES string of the molecule is COc1cccc(CC(=O)N2CCN(C(=O)Cc3csc(NC(=O)c4ccccc4F)n3)CC2)c1. The van der Waals surface area contributed by atoms with Crippen LogP contribution in [0, 0.1) is 5.82 Å². The van der Waals surface area contributed by atoms with Crippen LogP contribution in [0.2, 0.25) is 0 Å². The molecule has 1 aliphatic rings. The van der Waals surface area contributed by atoms with Crippen molar-refractivity contribution >= 4 is 34.2 Å². The molecule has 3 amide bonds. The third-order valence-corrected chi connectivity index (χ3v) is 6.50. The molecule has 2 heterocycles. The number of anilines is 1. The highest BCUT2D eigenvalue weighted by atomic mass is 32.1. The zero-order valence-electron chi connectivity index (χ0n) is 19.2. The van der Waals surface area contributed by atoms with Crippen LogP contribution in [-0.2, 0) is 22.4 Å². The van der Waals surface area contributed by atoms with Gasteiger partial charge in [0.2, 0.25) is 11.8 Å². The Morgan fingerprint density at radius 2 is 1.69 bits per heavy atom. The molecular weight excluding hydrogens is 471 g/mol. The van der Waals surface area contributed by atoms with E-state index in [0.717, 1.165) is 5.56 Å². The van der Waals surface area contributed by atoms with Gasteiger partial charge in [0.05, 0.1) is 31.2 Å². The first-order valence-corrected chi connectivity index (χ1v) is 12.0. The maximum Gasteiger partial charge on any atom is 0.260 e. The van der Waals surface area contributed by atoms with E-state index < -0.39 is 11.7 Å². The average Bonchev–Trinajstić information content (AvgIpc) is 3.30. The number of rotatable bonds is 7. The third-order valence-electron chi connectivity index (χ3n) is 5.70. The number of halogens is 1. The lowest BCUT2D eigenvalue weighted by Gasteiger charge is -2.34. The Bertz CT molecular complexity index is 1220. The number of hydrogen-bond acceptors (Lipinski definition) is 6. The van der Waals surface area contributed by atoms with E-state index in [0.29, 0.717) is 42.8 Å². The number of benzene rings is 2. The molecule has 8 nitrogen and oxygen atoms in total. The van der Waals surface area contributed by atoms with Gasteiger partial charge in [-0.25, -0.2) is 9.37 Å². The van der Waals surface area contributed by atoms with Gasteiger partial charge in [-0.1, -0.05) is 24.3 Å². The van der Waals surface area contributed by atoms with Gasteiger partial charge in [-0.3, -0.25) is 19.7 Å². The van der Waals surface area contributed by atoms with Crippen molar-refractivity contribution < 1.29 is 23.5 Å². The Hall–Kier alpha value is -3.79. The highest BCUT2D eigenvalue weighted by molar-refractivity contribution is 7.14. The van der Waals surface area contributed by atoms with Crippen molar-refractivity contribution in [2.75, 3.05) is 38.6 Å². The van der Waals surface area contributed by atoms with Crippen molar-refractivity contribution in [2.24, 2.45) is 0 Å². The van der Waals surface area contributed by atoms with Crippen molar-refractivity contribution in [3.05, 3.63) is 76.5 Å². The molecule has 1 N–H and O–H groups in total. The number of nitrogens with zero attached hydrogens (tertiary/aromatic N) is 3. The number of thiazole rings is 1. The summed E-state index contributed by atoms with van der Waals surface area (Å²) in [6, 6.07) is 13.1. The number of aromatic nitrogens is 1. The minimum absolute atomic E-state index is 0.0140. The van der Waals surface area contributed by atoms with E-state index in [1.54, 1.807) is 28.4 Å². The minimum atomic E-state index is -0.613. The first kappa shape index (κ1) is 24.3. The molecule has 0 radical (unpaired) electrons. The molecule has 0 unspecified atom stereocenters. The third kappa shape index (κ3) is 6.21. The molecule has 1 aromatic heterocycles. The molecule has 35 heavy (non-hydrogen) atoms. The van der Waals surface area contributed by atoms with Gasteiger partial charge in [0.15, 0.2) is 5.13 Å². The fraction of sp³-hybridized carbons (Fsp3) is 0.280. The number of carbonyl (C=O) groups is 3. The van der Waals surface area contributed by atoms with Crippen LogP contribution in [0.15, 0.2) is 53.9 Å². The summed E-state index contributed by atoms with van der Waals surface area (Å²) in [5.74, 6) is -0.576. The summed E-state index contributed by atoms with van der Waals surface area (Å²) in [5.41, 5.74) is 1.34. The summed E-state index contributed by atoms with van der Waals surface area (Å²) in [6.07, 6.45) is 0.370. The molecule has 3 aromatic rings. The smallest absolute Gasteiger partial charge is 0.260 e. The van der Waals surface area contributed by atoms with Gasteiger partial charge < -0.3 is 14.5 Å². The number of methoxy groups -OCH3 is 1. The number of carbonyl (C=O) groups excluding carboxylic acids is 3. The van der Waals surface area contributed by atoms with E-state index in [4.69, 9.17) is 4.74 Å². The monoisotopic (exact) mass is 496 g/mol. The largest absolute Gasteiger partial charge is 0.497 e. The fourth-order valence-electron chi connectivity index (χ4n) is 3.80. The molecule has 10 heteroatoms. The van der Waals surface area contributed by atoms with Gasteiger partial charge in [-0.15, -0.1) is 11.3 Å². The van der Waals surface area contributed by atoms with Gasteiger partial charge in [-0.2, -0.15) is 0 Å². The fourth-order valence-corrected chi connectivity index (χ4v) is 4.50. The zero-order chi connectivity index (χ0) is 24.8. The Morgan fingerprint density at radius 1 is 1.00 bits per heavy atom. The summed E-state index contributed by atoms with van der Waals surface area (Å²) in [4.78, 5) is 45.4. The van der Waals surface area contributed by atoms with Gasteiger partial charge in [0, 0.05) is 31.6 Å². The van der Waals surface area contributed by atoms with Crippen molar-refractivity contribution in [2.45, 2.75) is 12.8 Å². The molecule has 0 saturated carbocycles. The highest BCUT2D eigenvalue weighted by Gasteiger charge is 2.25.